The summed E-state index contributed by atoms with van der Waals surface area (Å²) in [5, 5.41) is 0.660. The Balaban J connectivity index is 2.12. The molecule has 0 bridgehead atoms. The summed E-state index contributed by atoms with van der Waals surface area (Å²) in [4.78, 5) is 17.9. The van der Waals surface area contributed by atoms with Gasteiger partial charge in [-0.25, -0.2) is 4.79 Å². The van der Waals surface area contributed by atoms with Gasteiger partial charge in [0.15, 0.2) is 0 Å². The highest BCUT2D eigenvalue weighted by atomic mass is 35.5. The van der Waals surface area contributed by atoms with Gasteiger partial charge in [0.1, 0.15) is 5.60 Å². The standard InChI is InChI=1S/C13H17ClN2O2/c1-13(2,3)18-12(17)16-7-5-11-9(8-16)10(14)4-6-15-11/h4,6H,5,7-8H2,1-3H3. The van der Waals surface area contributed by atoms with Crippen molar-refractivity contribution in [3.63, 3.8) is 0 Å². The van der Waals surface area contributed by atoms with Gasteiger partial charge in [0, 0.05) is 35.4 Å². The zero-order chi connectivity index (χ0) is 13.3. The van der Waals surface area contributed by atoms with Crippen LogP contribution in [0.25, 0.3) is 0 Å². The average Bonchev–Trinajstić information content (AvgIpc) is 2.27. The minimum absolute atomic E-state index is 0.298. The first-order valence-electron chi connectivity index (χ1n) is 5.97. The topological polar surface area (TPSA) is 42.4 Å². The molecule has 0 aromatic carbocycles. The lowest BCUT2D eigenvalue weighted by Crippen LogP contribution is -2.40. The second kappa shape index (κ2) is 4.76. The summed E-state index contributed by atoms with van der Waals surface area (Å²) < 4.78 is 5.36. The maximum absolute atomic E-state index is 12.0. The molecule has 2 rings (SSSR count). The summed E-state index contributed by atoms with van der Waals surface area (Å²) in [6.45, 7) is 6.66. The van der Waals surface area contributed by atoms with E-state index in [2.05, 4.69) is 4.98 Å². The second-order valence-electron chi connectivity index (χ2n) is 5.37. The maximum atomic E-state index is 12.0. The molecule has 2 heterocycles. The Morgan fingerprint density at radius 1 is 1.50 bits per heavy atom. The highest BCUT2D eigenvalue weighted by Gasteiger charge is 2.27. The number of amides is 1. The van der Waals surface area contributed by atoms with E-state index < -0.39 is 5.60 Å². The normalized spacial score (nSPS) is 15.2. The van der Waals surface area contributed by atoms with Gasteiger partial charge in [0.2, 0.25) is 0 Å². The fourth-order valence-corrected chi connectivity index (χ4v) is 2.11. The number of carbonyl (C=O) groups excluding carboxylic acids is 1. The van der Waals surface area contributed by atoms with Gasteiger partial charge < -0.3 is 9.64 Å². The fraction of sp³-hybridized carbons (Fsp3) is 0.538. The zero-order valence-electron chi connectivity index (χ0n) is 10.9. The van der Waals surface area contributed by atoms with Crippen LogP contribution in [0.15, 0.2) is 12.3 Å². The Morgan fingerprint density at radius 3 is 2.89 bits per heavy atom. The van der Waals surface area contributed by atoms with Gasteiger partial charge in [-0.2, -0.15) is 0 Å². The number of carbonyl (C=O) groups is 1. The molecule has 0 atom stereocenters. The van der Waals surface area contributed by atoms with Crippen molar-refractivity contribution in [1.82, 2.24) is 9.88 Å². The van der Waals surface area contributed by atoms with Crippen LogP contribution in [0, 0.1) is 0 Å². The van der Waals surface area contributed by atoms with Gasteiger partial charge in [0.25, 0.3) is 0 Å². The van der Waals surface area contributed by atoms with Crippen molar-refractivity contribution in [1.29, 1.82) is 0 Å². The molecule has 18 heavy (non-hydrogen) atoms. The molecule has 0 N–H and O–H groups in total. The van der Waals surface area contributed by atoms with Crippen LogP contribution in [0.4, 0.5) is 4.79 Å². The molecule has 1 aromatic heterocycles. The molecule has 1 aromatic rings. The smallest absolute Gasteiger partial charge is 0.410 e. The lowest BCUT2D eigenvalue weighted by molar-refractivity contribution is 0.0223. The molecule has 1 aliphatic heterocycles. The minimum atomic E-state index is -0.476. The van der Waals surface area contributed by atoms with Crippen LogP contribution in [-0.2, 0) is 17.7 Å². The minimum Gasteiger partial charge on any atom is -0.444 e. The third kappa shape index (κ3) is 2.93. The Hall–Kier alpha value is -1.29. The predicted molar refractivity (Wildman–Crippen MR) is 69.6 cm³/mol. The molecule has 0 spiro atoms. The number of halogens is 1. The Morgan fingerprint density at radius 2 is 2.22 bits per heavy atom. The highest BCUT2D eigenvalue weighted by molar-refractivity contribution is 6.31. The van der Waals surface area contributed by atoms with E-state index in [4.69, 9.17) is 16.3 Å². The van der Waals surface area contributed by atoms with Crippen molar-refractivity contribution >= 4 is 17.7 Å². The molecular formula is C13H17ClN2O2. The van der Waals surface area contributed by atoms with Crippen LogP contribution in [0.1, 0.15) is 32.0 Å². The van der Waals surface area contributed by atoms with Crippen molar-refractivity contribution in [2.75, 3.05) is 6.54 Å². The Bertz CT molecular complexity index is 469. The molecule has 98 valence electrons. The van der Waals surface area contributed by atoms with E-state index in [0.29, 0.717) is 18.1 Å². The summed E-state index contributed by atoms with van der Waals surface area (Å²) in [6.07, 6.45) is 2.12. The predicted octanol–water partition coefficient (Wildman–Crippen LogP) is 3.03. The van der Waals surface area contributed by atoms with E-state index >= 15 is 0 Å². The van der Waals surface area contributed by atoms with Crippen molar-refractivity contribution in [3.05, 3.63) is 28.5 Å². The molecule has 0 saturated heterocycles. The first-order valence-corrected chi connectivity index (χ1v) is 6.35. The zero-order valence-corrected chi connectivity index (χ0v) is 11.6. The van der Waals surface area contributed by atoms with Gasteiger partial charge in [-0.15, -0.1) is 0 Å². The van der Waals surface area contributed by atoms with Crippen molar-refractivity contribution in [2.45, 2.75) is 39.3 Å². The third-order valence-corrected chi connectivity index (χ3v) is 3.06. The van der Waals surface area contributed by atoms with Crippen LogP contribution in [0.2, 0.25) is 5.02 Å². The summed E-state index contributed by atoms with van der Waals surface area (Å²) in [7, 11) is 0. The number of ether oxygens (including phenoxy) is 1. The molecule has 1 amide bonds. The summed E-state index contributed by atoms with van der Waals surface area (Å²) in [5.41, 5.74) is 1.43. The van der Waals surface area contributed by atoms with E-state index in [-0.39, 0.29) is 6.09 Å². The number of nitrogens with zero attached hydrogens (tertiary/aromatic N) is 2. The van der Waals surface area contributed by atoms with Crippen molar-refractivity contribution in [2.24, 2.45) is 0 Å². The first-order chi connectivity index (χ1) is 8.37. The van der Waals surface area contributed by atoms with Crippen LogP contribution in [-0.4, -0.2) is 28.1 Å². The lowest BCUT2D eigenvalue weighted by atomic mass is 10.1. The Labute approximate surface area is 112 Å². The average molecular weight is 269 g/mol. The van der Waals surface area contributed by atoms with Crippen LogP contribution >= 0.6 is 11.6 Å². The number of rotatable bonds is 0. The summed E-state index contributed by atoms with van der Waals surface area (Å²) in [5.74, 6) is 0. The molecule has 5 heteroatoms. The number of hydrogen-bond acceptors (Lipinski definition) is 3. The van der Waals surface area contributed by atoms with Crippen LogP contribution < -0.4 is 0 Å². The molecule has 0 aliphatic carbocycles. The molecule has 0 fully saturated rings. The number of fused-ring (bicyclic) bond motifs is 1. The SMILES string of the molecule is CC(C)(C)OC(=O)N1CCc2nccc(Cl)c2C1. The van der Waals surface area contributed by atoms with Crippen LogP contribution in [0.5, 0.6) is 0 Å². The highest BCUT2D eigenvalue weighted by Crippen LogP contribution is 2.25. The third-order valence-electron chi connectivity index (χ3n) is 2.71. The van der Waals surface area contributed by atoms with Gasteiger partial charge in [-0.3, -0.25) is 4.98 Å². The number of aromatic nitrogens is 1. The quantitative estimate of drug-likeness (QED) is 0.726. The molecular weight excluding hydrogens is 252 g/mol. The van der Waals surface area contributed by atoms with Gasteiger partial charge in [0.05, 0.1) is 6.54 Å². The summed E-state index contributed by atoms with van der Waals surface area (Å²) >= 11 is 6.13. The van der Waals surface area contributed by atoms with Crippen molar-refractivity contribution in [3.8, 4) is 0 Å². The van der Waals surface area contributed by atoms with E-state index in [9.17, 15) is 4.79 Å². The van der Waals surface area contributed by atoms with Gasteiger partial charge >= 0.3 is 6.09 Å². The van der Waals surface area contributed by atoms with E-state index in [1.54, 1.807) is 17.2 Å². The van der Waals surface area contributed by atoms with Gasteiger partial charge in [-0.05, 0) is 26.8 Å². The fourth-order valence-electron chi connectivity index (χ4n) is 1.88. The van der Waals surface area contributed by atoms with Crippen LogP contribution in [0.3, 0.4) is 0 Å². The lowest BCUT2D eigenvalue weighted by Gasteiger charge is -2.31. The molecule has 0 radical (unpaired) electrons. The Kier molecular flexibility index (Phi) is 3.48. The maximum Gasteiger partial charge on any atom is 0.410 e. The van der Waals surface area contributed by atoms with Crippen molar-refractivity contribution < 1.29 is 9.53 Å². The largest absolute Gasteiger partial charge is 0.444 e. The summed E-state index contributed by atoms with van der Waals surface area (Å²) in [6, 6.07) is 1.75. The first kappa shape index (κ1) is 13.1. The van der Waals surface area contributed by atoms with Gasteiger partial charge in [-0.1, -0.05) is 11.6 Å². The van der Waals surface area contributed by atoms with E-state index in [1.165, 1.54) is 0 Å². The number of pyridine rings is 1. The second-order valence-corrected chi connectivity index (χ2v) is 5.78. The molecule has 0 unspecified atom stereocenters. The molecule has 4 nitrogen and oxygen atoms in total. The van der Waals surface area contributed by atoms with E-state index in [0.717, 1.165) is 17.7 Å². The monoisotopic (exact) mass is 268 g/mol. The molecule has 1 aliphatic rings. The molecule has 0 saturated carbocycles. The van der Waals surface area contributed by atoms with E-state index in [1.807, 2.05) is 20.8 Å². The number of hydrogen-bond donors (Lipinski definition) is 0.